The highest BCUT2D eigenvalue weighted by atomic mass is 35.5. The molecule has 1 fully saturated rings. The average molecular weight is 319 g/mol. The normalized spacial score (nSPS) is 16.7. The number of sulfonamides is 1. The van der Waals surface area contributed by atoms with Crippen LogP contribution in [-0.2, 0) is 19.6 Å². The molecule has 1 amide bonds. The zero-order valence-electron chi connectivity index (χ0n) is 10.9. The van der Waals surface area contributed by atoms with Gasteiger partial charge >= 0.3 is 0 Å². The van der Waals surface area contributed by atoms with Crippen LogP contribution >= 0.6 is 11.6 Å². The summed E-state index contributed by atoms with van der Waals surface area (Å²) in [5, 5.41) is 0.0565. The van der Waals surface area contributed by atoms with Crippen molar-refractivity contribution in [3.05, 3.63) is 23.4 Å². The van der Waals surface area contributed by atoms with E-state index in [-0.39, 0.29) is 5.03 Å². The summed E-state index contributed by atoms with van der Waals surface area (Å²) in [4.78, 5) is 15.4. The van der Waals surface area contributed by atoms with Gasteiger partial charge in [-0.05, 0) is 37.8 Å². The molecule has 1 atom stereocenters. The van der Waals surface area contributed by atoms with Gasteiger partial charge in [-0.1, -0.05) is 11.6 Å². The topological polar surface area (TPSA) is 85.4 Å². The van der Waals surface area contributed by atoms with Crippen molar-refractivity contribution in [3.63, 3.8) is 0 Å². The Morgan fingerprint density at radius 2 is 2.25 bits per heavy atom. The van der Waals surface area contributed by atoms with E-state index in [9.17, 15) is 13.2 Å². The van der Waals surface area contributed by atoms with Crippen LogP contribution in [0.5, 0.6) is 0 Å². The predicted molar refractivity (Wildman–Crippen MR) is 72.7 cm³/mol. The van der Waals surface area contributed by atoms with Crippen molar-refractivity contribution >= 4 is 27.5 Å². The third-order valence-corrected chi connectivity index (χ3v) is 4.34. The van der Waals surface area contributed by atoms with Crippen LogP contribution in [0.2, 0.25) is 5.02 Å². The summed E-state index contributed by atoms with van der Waals surface area (Å²) in [6, 6.07) is 2.62. The molecule has 0 aliphatic heterocycles. The largest absolute Gasteiger partial charge is 0.368 e. The quantitative estimate of drug-likeness (QED) is 0.856. The summed E-state index contributed by atoms with van der Waals surface area (Å²) in [5.74, 6) is -0.206. The molecule has 2 rings (SSSR count). The molecule has 0 saturated heterocycles. The molecule has 20 heavy (non-hydrogen) atoms. The van der Waals surface area contributed by atoms with Crippen LogP contribution in [0.15, 0.2) is 23.4 Å². The van der Waals surface area contributed by atoms with Crippen LogP contribution in [-0.4, -0.2) is 32.0 Å². The second-order valence-electron chi connectivity index (χ2n) is 4.70. The molecular formula is C12H15ClN2O4S. The lowest BCUT2D eigenvalue weighted by atomic mass is 10.4. The minimum atomic E-state index is -3.99. The van der Waals surface area contributed by atoms with Gasteiger partial charge in [-0.2, -0.15) is 8.42 Å². The first-order valence-corrected chi connectivity index (χ1v) is 8.04. The van der Waals surface area contributed by atoms with Gasteiger partial charge in [0.15, 0.2) is 5.03 Å². The van der Waals surface area contributed by atoms with Crippen molar-refractivity contribution in [2.24, 2.45) is 5.92 Å². The highest BCUT2D eigenvalue weighted by Gasteiger charge is 2.26. The van der Waals surface area contributed by atoms with Gasteiger partial charge in [-0.25, -0.2) is 9.71 Å². The molecule has 1 aliphatic rings. The number of rotatable bonds is 6. The highest BCUT2D eigenvalue weighted by molar-refractivity contribution is 7.90. The second kappa shape index (κ2) is 6.07. The maximum absolute atomic E-state index is 11.9. The molecule has 0 aromatic carbocycles. The number of hydrogen-bond donors (Lipinski definition) is 1. The van der Waals surface area contributed by atoms with E-state index < -0.39 is 22.0 Å². The number of hydrogen-bond acceptors (Lipinski definition) is 5. The molecule has 1 saturated carbocycles. The van der Waals surface area contributed by atoms with E-state index in [4.69, 9.17) is 16.3 Å². The minimum absolute atomic E-state index is 0.260. The lowest BCUT2D eigenvalue weighted by Gasteiger charge is -2.13. The first-order valence-electron chi connectivity index (χ1n) is 6.18. The van der Waals surface area contributed by atoms with E-state index in [2.05, 4.69) is 4.98 Å². The number of nitrogens with one attached hydrogen (secondary N) is 1. The number of halogens is 1. The number of nitrogens with zero attached hydrogens (tertiary/aromatic N) is 1. The number of carbonyl (C=O) groups is 1. The number of ether oxygens (including phenoxy) is 1. The van der Waals surface area contributed by atoms with Gasteiger partial charge in [0.2, 0.25) is 0 Å². The van der Waals surface area contributed by atoms with Crippen molar-refractivity contribution in [1.82, 2.24) is 9.71 Å². The van der Waals surface area contributed by atoms with Crippen molar-refractivity contribution in [3.8, 4) is 0 Å². The Hall–Kier alpha value is -1.18. The average Bonchev–Trinajstić information content (AvgIpc) is 3.20. The molecule has 0 radical (unpaired) electrons. The number of amides is 1. The molecule has 6 nitrogen and oxygen atoms in total. The van der Waals surface area contributed by atoms with E-state index in [1.54, 1.807) is 0 Å². The molecule has 1 aromatic rings. The Balaban J connectivity index is 1.95. The van der Waals surface area contributed by atoms with E-state index >= 15 is 0 Å². The van der Waals surface area contributed by atoms with Crippen LogP contribution in [0.3, 0.4) is 0 Å². The van der Waals surface area contributed by atoms with Crippen molar-refractivity contribution in [2.75, 3.05) is 6.61 Å². The Labute approximate surface area is 122 Å². The highest BCUT2D eigenvalue weighted by Crippen LogP contribution is 2.29. The van der Waals surface area contributed by atoms with E-state index in [1.807, 2.05) is 4.72 Å². The van der Waals surface area contributed by atoms with Crippen LogP contribution < -0.4 is 4.72 Å². The summed E-state index contributed by atoms with van der Waals surface area (Å²) in [5.41, 5.74) is 0. The van der Waals surface area contributed by atoms with Crippen LogP contribution in [0, 0.1) is 5.92 Å². The van der Waals surface area contributed by atoms with Crippen LogP contribution in [0.1, 0.15) is 19.8 Å². The first-order chi connectivity index (χ1) is 9.38. The van der Waals surface area contributed by atoms with Gasteiger partial charge < -0.3 is 4.74 Å². The van der Waals surface area contributed by atoms with Gasteiger partial charge in [-0.3, -0.25) is 4.79 Å². The fraction of sp³-hybridized carbons (Fsp3) is 0.500. The predicted octanol–water partition coefficient (Wildman–Crippen LogP) is 1.35. The van der Waals surface area contributed by atoms with Crippen molar-refractivity contribution in [2.45, 2.75) is 30.9 Å². The Morgan fingerprint density at radius 1 is 1.55 bits per heavy atom. The van der Waals surface area contributed by atoms with E-state index in [0.29, 0.717) is 17.5 Å². The number of pyridine rings is 1. The van der Waals surface area contributed by atoms with E-state index in [1.165, 1.54) is 25.3 Å². The van der Waals surface area contributed by atoms with Gasteiger partial charge in [0, 0.05) is 6.20 Å². The monoisotopic (exact) mass is 318 g/mol. The summed E-state index contributed by atoms with van der Waals surface area (Å²) < 4.78 is 31.1. The Morgan fingerprint density at radius 3 is 2.80 bits per heavy atom. The van der Waals surface area contributed by atoms with Gasteiger partial charge in [0.05, 0.1) is 11.6 Å². The summed E-state index contributed by atoms with van der Waals surface area (Å²) >= 11 is 5.63. The van der Waals surface area contributed by atoms with Crippen molar-refractivity contribution in [1.29, 1.82) is 0 Å². The fourth-order valence-corrected chi connectivity index (χ4v) is 2.52. The molecule has 1 aromatic heterocycles. The molecule has 1 aliphatic carbocycles. The maximum atomic E-state index is 11.9. The molecule has 0 spiro atoms. The minimum Gasteiger partial charge on any atom is -0.368 e. The zero-order chi connectivity index (χ0) is 14.8. The summed E-state index contributed by atoms with van der Waals surface area (Å²) in [7, 11) is -3.99. The number of carbonyl (C=O) groups excluding carboxylic acids is 1. The molecule has 1 unspecified atom stereocenters. The molecule has 110 valence electrons. The second-order valence-corrected chi connectivity index (χ2v) is 6.77. The van der Waals surface area contributed by atoms with Crippen LogP contribution in [0.4, 0.5) is 0 Å². The molecular weight excluding hydrogens is 304 g/mol. The number of aromatic nitrogens is 1. The van der Waals surface area contributed by atoms with E-state index in [0.717, 1.165) is 12.8 Å². The van der Waals surface area contributed by atoms with Gasteiger partial charge in [-0.15, -0.1) is 0 Å². The van der Waals surface area contributed by atoms with Crippen LogP contribution in [0.25, 0.3) is 0 Å². The Kier molecular flexibility index (Phi) is 4.62. The van der Waals surface area contributed by atoms with Gasteiger partial charge in [0.25, 0.3) is 15.9 Å². The standard InChI is InChI=1S/C12H15ClN2O4S/c1-8(19-7-9-2-3-9)12(16)15-20(17,18)11-5-4-10(13)6-14-11/h4-6,8-9H,2-3,7H2,1H3,(H,15,16). The fourth-order valence-electron chi connectivity index (χ4n) is 1.43. The Bertz CT molecular complexity index is 584. The summed E-state index contributed by atoms with van der Waals surface area (Å²) in [6.07, 6.45) is 2.58. The summed E-state index contributed by atoms with van der Waals surface area (Å²) in [6.45, 7) is 2.00. The molecule has 0 bridgehead atoms. The lowest BCUT2D eigenvalue weighted by Crippen LogP contribution is -2.39. The third-order valence-electron chi connectivity index (χ3n) is 2.86. The lowest BCUT2D eigenvalue weighted by molar-refractivity contribution is -0.130. The molecule has 1 N–H and O–H groups in total. The molecule has 1 heterocycles. The first kappa shape index (κ1) is 15.2. The smallest absolute Gasteiger partial charge is 0.281 e. The zero-order valence-corrected chi connectivity index (χ0v) is 12.4. The van der Waals surface area contributed by atoms with Crippen molar-refractivity contribution < 1.29 is 17.9 Å². The maximum Gasteiger partial charge on any atom is 0.281 e. The SMILES string of the molecule is CC(OCC1CC1)C(=O)NS(=O)(=O)c1ccc(Cl)cn1. The van der Waals surface area contributed by atoms with Gasteiger partial charge in [0.1, 0.15) is 6.10 Å². The molecule has 8 heteroatoms. The third kappa shape index (κ3) is 4.16.